The Morgan fingerprint density at radius 2 is 2.00 bits per heavy atom. The van der Waals surface area contributed by atoms with Crippen LogP contribution in [0.2, 0.25) is 0 Å². The second-order valence-corrected chi connectivity index (χ2v) is 6.78. The van der Waals surface area contributed by atoms with Gasteiger partial charge in [0.15, 0.2) is 0 Å². The van der Waals surface area contributed by atoms with E-state index in [0.29, 0.717) is 30.7 Å². The quantitative estimate of drug-likeness (QED) is 0.693. The minimum atomic E-state index is -1.06. The van der Waals surface area contributed by atoms with Gasteiger partial charge in [-0.3, -0.25) is 9.59 Å². The predicted octanol–water partition coefficient (Wildman–Crippen LogP) is 2.40. The maximum Gasteiger partial charge on any atom is 0.317 e. The number of carboxylic acids is 1. The summed E-state index contributed by atoms with van der Waals surface area (Å²) >= 11 is 0.618. The molecule has 0 saturated carbocycles. The van der Waals surface area contributed by atoms with E-state index in [2.05, 4.69) is 4.98 Å². The van der Waals surface area contributed by atoms with Crippen LogP contribution in [0, 0.1) is 0 Å². The fourth-order valence-corrected chi connectivity index (χ4v) is 2.91. The number of thioether (sulfide) groups is 1. The number of aliphatic carboxylic acids is 1. The Bertz CT molecular complexity index is 725. The molecule has 8 heteroatoms. The fourth-order valence-electron chi connectivity index (χ4n) is 2.25. The van der Waals surface area contributed by atoms with Crippen LogP contribution in [0.5, 0.6) is 5.75 Å². The number of rotatable bonds is 9. The number of benzene rings is 1. The lowest BCUT2D eigenvalue weighted by Crippen LogP contribution is -2.24. The molecule has 2 aromatic rings. The summed E-state index contributed by atoms with van der Waals surface area (Å²) in [6.45, 7) is 1.16. The van der Waals surface area contributed by atoms with E-state index in [1.807, 2.05) is 30.1 Å². The molecule has 0 spiro atoms. The number of carbonyl (C=O) groups excluding carboxylic acids is 1. The van der Waals surface area contributed by atoms with Crippen LogP contribution >= 0.6 is 11.8 Å². The van der Waals surface area contributed by atoms with Crippen molar-refractivity contribution in [1.82, 2.24) is 4.98 Å². The van der Waals surface area contributed by atoms with Crippen LogP contribution in [0.3, 0.4) is 0 Å². The SMILES string of the molecule is CN(CCOc1ccc(CC(SC(N)=O)C(=O)O)cc1)c1ccccn1. The number of pyridine rings is 1. The highest BCUT2D eigenvalue weighted by Crippen LogP contribution is 2.19. The molecule has 26 heavy (non-hydrogen) atoms. The second kappa shape index (κ2) is 9.67. The van der Waals surface area contributed by atoms with E-state index in [1.54, 1.807) is 30.5 Å². The number of hydrogen-bond donors (Lipinski definition) is 2. The zero-order valence-corrected chi connectivity index (χ0v) is 15.2. The van der Waals surface area contributed by atoms with Crippen LogP contribution < -0.4 is 15.4 Å². The zero-order valence-electron chi connectivity index (χ0n) is 14.4. The third-order valence-corrected chi connectivity index (χ3v) is 4.50. The molecule has 1 aromatic carbocycles. The maximum atomic E-state index is 11.2. The van der Waals surface area contributed by atoms with Crippen molar-refractivity contribution < 1.29 is 19.4 Å². The first-order valence-electron chi connectivity index (χ1n) is 7.98. The van der Waals surface area contributed by atoms with Gasteiger partial charge in [-0.1, -0.05) is 18.2 Å². The molecule has 0 fully saturated rings. The topological polar surface area (TPSA) is 106 Å². The van der Waals surface area contributed by atoms with Crippen molar-refractivity contribution >= 4 is 28.8 Å². The van der Waals surface area contributed by atoms with Gasteiger partial charge in [0.05, 0.1) is 6.54 Å². The zero-order chi connectivity index (χ0) is 18.9. The summed E-state index contributed by atoms with van der Waals surface area (Å²) in [6, 6.07) is 12.9. The van der Waals surface area contributed by atoms with E-state index >= 15 is 0 Å². The minimum Gasteiger partial charge on any atom is -0.492 e. The lowest BCUT2D eigenvalue weighted by Gasteiger charge is -2.18. The minimum absolute atomic E-state index is 0.214. The number of nitrogens with zero attached hydrogens (tertiary/aromatic N) is 2. The number of carbonyl (C=O) groups is 2. The molecule has 2 rings (SSSR count). The van der Waals surface area contributed by atoms with Gasteiger partial charge in [0, 0.05) is 13.2 Å². The number of ether oxygens (including phenoxy) is 1. The Kier molecular flexibility index (Phi) is 7.28. The van der Waals surface area contributed by atoms with Crippen LogP contribution in [0.1, 0.15) is 5.56 Å². The molecule has 1 unspecified atom stereocenters. The molecule has 0 saturated heterocycles. The van der Waals surface area contributed by atoms with E-state index in [1.165, 1.54) is 0 Å². The Labute approximate surface area is 156 Å². The van der Waals surface area contributed by atoms with Crippen molar-refractivity contribution in [2.75, 3.05) is 25.1 Å². The smallest absolute Gasteiger partial charge is 0.317 e. The van der Waals surface area contributed by atoms with Crippen molar-refractivity contribution in [2.45, 2.75) is 11.7 Å². The summed E-state index contributed by atoms with van der Waals surface area (Å²) in [4.78, 5) is 28.4. The Hall–Kier alpha value is -2.74. The van der Waals surface area contributed by atoms with Crippen LogP contribution in [0.15, 0.2) is 48.7 Å². The summed E-state index contributed by atoms with van der Waals surface area (Å²) in [5.41, 5.74) is 5.86. The van der Waals surface area contributed by atoms with Gasteiger partial charge in [-0.05, 0) is 48.0 Å². The van der Waals surface area contributed by atoms with E-state index < -0.39 is 16.5 Å². The van der Waals surface area contributed by atoms with Gasteiger partial charge < -0.3 is 20.5 Å². The van der Waals surface area contributed by atoms with Gasteiger partial charge in [-0.15, -0.1) is 0 Å². The van der Waals surface area contributed by atoms with Crippen molar-refractivity contribution in [3.8, 4) is 5.75 Å². The predicted molar refractivity (Wildman–Crippen MR) is 102 cm³/mol. The van der Waals surface area contributed by atoms with Gasteiger partial charge in [-0.2, -0.15) is 0 Å². The Morgan fingerprint density at radius 1 is 1.27 bits per heavy atom. The third-order valence-electron chi connectivity index (χ3n) is 3.61. The third kappa shape index (κ3) is 6.29. The van der Waals surface area contributed by atoms with Gasteiger partial charge in [0.2, 0.25) is 0 Å². The number of nitrogens with two attached hydrogens (primary N) is 1. The summed E-state index contributed by atoms with van der Waals surface area (Å²) in [6.07, 6.45) is 1.96. The molecular weight excluding hydrogens is 354 g/mol. The van der Waals surface area contributed by atoms with Crippen molar-refractivity contribution in [2.24, 2.45) is 5.73 Å². The van der Waals surface area contributed by atoms with Crippen molar-refractivity contribution in [3.63, 3.8) is 0 Å². The molecule has 0 aliphatic heterocycles. The van der Waals surface area contributed by atoms with Crippen LogP contribution in [-0.2, 0) is 11.2 Å². The molecule has 1 atom stereocenters. The number of hydrogen-bond acceptors (Lipinski definition) is 6. The highest BCUT2D eigenvalue weighted by atomic mass is 32.2. The van der Waals surface area contributed by atoms with Gasteiger partial charge in [0.25, 0.3) is 5.24 Å². The highest BCUT2D eigenvalue weighted by molar-refractivity contribution is 8.14. The summed E-state index contributed by atoms with van der Waals surface area (Å²) in [7, 11) is 1.94. The first-order valence-corrected chi connectivity index (χ1v) is 8.86. The van der Waals surface area contributed by atoms with E-state index in [9.17, 15) is 9.59 Å². The molecule has 1 heterocycles. The summed E-state index contributed by atoms with van der Waals surface area (Å²) in [5, 5.41) is 7.54. The lowest BCUT2D eigenvalue weighted by molar-refractivity contribution is -0.136. The fraction of sp³-hybridized carbons (Fsp3) is 0.278. The van der Waals surface area contributed by atoms with Crippen LogP contribution in [0.4, 0.5) is 10.6 Å². The normalized spacial score (nSPS) is 11.6. The molecule has 1 aromatic heterocycles. The number of aromatic nitrogens is 1. The number of likely N-dealkylation sites (N-methyl/N-ethyl adjacent to an activating group) is 1. The standard InChI is InChI=1S/C18H21N3O4S/c1-21(16-4-2-3-9-20-16)10-11-25-14-7-5-13(6-8-14)12-15(17(22)23)26-18(19)24/h2-9,15H,10-12H2,1H3,(H2,19,24)(H,22,23). The van der Waals surface area contributed by atoms with E-state index in [4.69, 9.17) is 15.6 Å². The molecule has 7 nitrogen and oxygen atoms in total. The number of primary amides is 1. The first-order chi connectivity index (χ1) is 12.5. The number of amides is 1. The molecular formula is C18H21N3O4S. The van der Waals surface area contributed by atoms with Gasteiger partial charge in [-0.25, -0.2) is 4.98 Å². The monoisotopic (exact) mass is 375 g/mol. The van der Waals surface area contributed by atoms with Gasteiger partial charge in [0.1, 0.15) is 23.4 Å². The highest BCUT2D eigenvalue weighted by Gasteiger charge is 2.21. The molecule has 1 amide bonds. The molecule has 138 valence electrons. The maximum absolute atomic E-state index is 11.2. The Balaban J connectivity index is 1.83. The second-order valence-electron chi connectivity index (χ2n) is 5.57. The molecule has 3 N–H and O–H groups in total. The summed E-state index contributed by atoms with van der Waals surface area (Å²) < 4.78 is 5.71. The van der Waals surface area contributed by atoms with Crippen molar-refractivity contribution in [1.29, 1.82) is 0 Å². The average molecular weight is 375 g/mol. The molecule has 0 aliphatic carbocycles. The first kappa shape index (κ1) is 19.6. The Morgan fingerprint density at radius 3 is 2.58 bits per heavy atom. The number of carboxylic acid groups (broad SMARTS) is 1. The largest absolute Gasteiger partial charge is 0.492 e. The van der Waals surface area contributed by atoms with E-state index in [0.717, 1.165) is 11.4 Å². The average Bonchev–Trinajstić information content (AvgIpc) is 2.62. The lowest BCUT2D eigenvalue weighted by atomic mass is 10.1. The van der Waals surface area contributed by atoms with Gasteiger partial charge >= 0.3 is 5.97 Å². The number of anilines is 1. The molecule has 0 radical (unpaired) electrons. The molecule has 0 aliphatic rings. The van der Waals surface area contributed by atoms with E-state index in [-0.39, 0.29) is 6.42 Å². The summed E-state index contributed by atoms with van der Waals surface area (Å²) in [5.74, 6) is 0.502. The molecule has 0 bridgehead atoms. The van der Waals surface area contributed by atoms with Crippen LogP contribution in [0.25, 0.3) is 0 Å². The van der Waals surface area contributed by atoms with Crippen LogP contribution in [-0.4, -0.2) is 46.7 Å². The van der Waals surface area contributed by atoms with Crippen molar-refractivity contribution in [3.05, 3.63) is 54.2 Å².